The van der Waals surface area contributed by atoms with Crippen LogP contribution in [0.5, 0.6) is 5.75 Å². The highest BCUT2D eigenvalue weighted by atomic mass is 32.2. The van der Waals surface area contributed by atoms with Gasteiger partial charge in [-0.2, -0.15) is 4.31 Å². The van der Waals surface area contributed by atoms with Crippen molar-refractivity contribution in [3.05, 3.63) is 59.7 Å². The van der Waals surface area contributed by atoms with Gasteiger partial charge in [-0.3, -0.25) is 4.79 Å². The quantitative estimate of drug-likeness (QED) is 0.413. The summed E-state index contributed by atoms with van der Waals surface area (Å²) in [4.78, 5) is 39.2. The highest BCUT2D eigenvalue weighted by Crippen LogP contribution is 2.27. The average molecular weight is 574 g/mol. The van der Waals surface area contributed by atoms with Crippen molar-refractivity contribution < 1.29 is 37.8 Å². The summed E-state index contributed by atoms with van der Waals surface area (Å²) < 4.78 is 33.0. The van der Waals surface area contributed by atoms with Gasteiger partial charge in [0.25, 0.3) is 0 Å². The van der Waals surface area contributed by atoms with Gasteiger partial charge in [0, 0.05) is 32.7 Å². The molecule has 0 bridgehead atoms. The van der Waals surface area contributed by atoms with Gasteiger partial charge in [0.15, 0.2) is 0 Å². The Balaban J connectivity index is 1.37. The number of aliphatic carboxylic acids is 1. The van der Waals surface area contributed by atoms with E-state index >= 15 is 0 Å². The molecule has 3 N–H and O–H groups in total. The number of hydrogen-bond acceptors (Lipinski definition) is 7. The number of aryl methyl sites for hydroxylation is 1. The van der Waals surface area contributed by atoms with Crippen molar-refractivity contribution in [2.75, 3.05) is 26.2 Å². The first-order valence-corrected chi connectivity index (χ1v) is 14.8. The van der Waals surface area contributed by atoms with Crippen molar-refractivity contribution in [3.63, 3.8) is 0 Å². The van der Waals surface area contributed by atoms with E-state index in [4.69, 9.17) is 4.74 Å². The van der Waals surface area contributed by atoms with Crippen LogP contribution in [0.15, 0.2) is 53.4 Å². The number of carbonyl (C=O) groups excluding carboxylic acids is 2. The second-order valence-corrected chi connectivity index (χ2v) is 12.2. The van der Waals surface area contributed by atoms with Crippen LogP contribution in [0.3, 0.4) is 0 Å². The van der Waals surface area contributed by atoms with Crippen LogP contribution >= 0.6 is 0 Å². The van der Waals surface area contributed by atoms with Gasteiger partial charge in [-0.05, 0) is 68.4 Å². The third kappa shape index (κ3) is 6.98. The first-order valence-electron chi connectivity index (χ1n) is 13.4. The Kier molecular flexibility index (Phi) is 9.44. The molecule has 216 valence electrons. The molecule has 0 radical (unpaired) electrons. The van der Waals surface area contributed by atoms with Crippen molar-refractivity contribution >= 4 is 28.0 Å². The molecule has 2 heterocycles. The van der Waals surface area contributed by atoms with Gasteiger partial charge in [0.2, 0.25) is 15.9 Å². The zero-order chi connectivity index (χ0) is 28.9. The molecule has 2 aliphatic rings. The lowest BCUT2D eigenvalue weighted by Gasteiger charge is -2.30. The fourth-order valence-electron chi connectivity index (χ4n) is 5.08. The second kappa shape index (κ2) is 12.8. The molecule has 4 rings (SSSR count). The minimum absolute atomic E-state index is 0.0150. The summed E-state index contributed by atoms with van der Waals surface area (Å²) in [7, 11) is -3.92. The third-order valence-corrected chi connectivity index (χ3v) is 9.27. The molecule has 2 amide bonds. The molecule has 3 atom stereocenters. The number of carboxylic acid groups (broad SMARTS) is 1. The molecule has 2 fully saturated rings. The number of amides is 2. The van der Waals surface area contributed by atoms with Gasteiger partial charge in [0.1, 0.15) is 17.8 Å². The monoisotopic (exact) mass is 573 g/mol. The van der Waals surface area contributed by atoms with Gasteiger partial charge in [-0.15, -0.1) is 0 Å². The van der Waals surface area contributed by atoms with Crippen LogP contribution in [-0.2, 0) is 26.0 Å². The second-order valence-electron chi connectivity index (χ2n) is 10.3. The molecule has 0 saturated carbocycles. The van der Waals surface area contributed by atoms with E-state index in [1.54, 1.807) is 41.3 Å². The molecular weight excluding hydrogens is 538 g/mol. The van der Waals surface area contributed by atoms with Crippen molar-refractivity contribution in [2.45, 2.75) is 56.0 Å². The predicted octanol–water partition coefficient (Wildman–Crippen LogP) is 2.16. The lowest BCUT2D eigenvalue weighted by molar-refractivity contribution is -0.142. The number of sulfonamides is 1. The number of nitrogens with one attached hydrogen (secondary N) is 1. The van der Waals surface area contributed by atoms with Gasteiger partial charge in [-0.25, -0.2) is 18.0 Å². The Morgan fingerprint density at radius 1 is 1.02 bits per heavy atom. The topological polar surface area (TPSA) is 154 Å². The number of nitrogens with zero attached hydrogens (tertiary/aromatic N) is 2. The Labute approximate surface area is 233 Å². The predicted molar refractivity (Wildman–Crippen MR) is 145 cm³/mol. The van der Waals surface area contributed by atoms with E-state index in [-0.39, 0.29) is 30.4 Å². The number of benzene rings is 2. The molecule has 1 unspecified atom stereocenters. The van der Waals surface area contributed by atoms with Crippen LogP contribution in [0, 0.1) is 12.8 Å². The minimum atomic E-state index is -3.92. The number of carbonyl (C=O) groups is 3. The molecule has 2 aromatic carbocycles. The van der Waals surface area contributed by atoms with Crippen molar-refractivity contribution in [3.8, 4) is 5.75 Å². The van der Waals surface area contributed by atoms with E-state index in [0.717, 1.165) is 22.7 Å². The summed E-state index contributed by atoms with van der Waals surface area (Å²) in [5.41, 5.74) is 1.49. The maximum Gasteiger partial charge on any atom is 0.415 e. The summed E-state index contributed by atoms with van der Waals surface area (Å²) in [5, 5.41) is 21.7. The molecule has 0 aromatic heterocycles. The molecule has 2 aliphatic heterocycles. The Morgan fingerprint density at radius 3 is 2.35 bits per heavy atom. The summed E-state index contributed by atoms with van der Waals surface area (Å²) in [6.45, 7) is 3.01. The zero-order valence-electron chi connectivity index (χ0n) is 22.4. The number of ether oxygens (including phenoxy) is 1. The molecule has 0 spiro atoms. The standard InChI is InChI=1S/C28H35N3O8S/c1-19-6-12-23(13-7-19)40(37,38)31-15-3-5-25(31)26(33)29-24(27(34)35)16-20-8-10-22(11-9-20)39-28(36)30-14-2-4-21(17-30)18-32/h6-13,21,24-25,32H,2-5,14-18H2,1H3,(H,29,33)(H,34,35)/t21?,24-,25-/m0/s1. The summed E-state index contributed by atoms with van der Waals surface area (Å²) >= 11 is 0. The number of hydrogen-bond donors (Lipinski definition) is 3. The smallest absolute Gasteiger partial charge is 0.415 e. The number of aliphatic hydroxyl groups is 1. The van der Waals surface area contributed by atoms with Crippen LogP contribution in [0.2, 0.25) is 0 Å². The van der Waals surface area contributed by atoms with Gasteiger partial charge in [0.05, 0.1) is 4.90 Å². The fraction of sp³-hybridized carbons (Fsp3) is 0.464. The Morgan fingerprint density at radius 2 is 1.70 bits per heavy atom. The largest absolute Gasteiger partial charge is 0.480 e. The number of likely N-dealkylation sites (tertiary alicyclic amines) is 1. The van der Waals surface area contributed by atoms with Crippen LogP contribution in [0.25, 0.3) is 0 Å². The maximum atomic E-state index is 13.2. The number of rotatable bonds is 9. The van der Waals surface area contributed by atoms with Crippen LogP contribution in [0.4, 0.5) is 4.79 Å². The van der Waals surface area contributed by atoms with Crippen LogP contribution in [0.1, 0.15) is 36.8 Å². The summed E-state index contributed by atoms with van der Waals surface area (Å²) in [6, 6.07) is 10.4. The first kappa shape index (κ1) is 29.5. The number of aliphatic hydroxyl groups excluding tert-OH is 1. The van der Waals surface area contributed by atoms with E-state index in [0.29, 0.717) is 37.2 Å². The molecule has 2 aromatic rings. The van der Waals surface area contributed by atoms with Crippen molar-refractivity contribution in [1.29, 1.82) is 0 Å². The lowest BCUT2D eigenvalue weighted by Crippen LogP contribution is -2.51. The highest BCUT2D eigenvalue weighted by Gasteiger charge is 2.40. The van der Waals surface area contributed by atoms with E-state index in [1.807, 2.05) is 6.92 Å². The van der Waals surface area contributed by atoms with E-state index in [2.05, 4.69) is 5.32 Å². The highest BCUT2D eigenvalue weighted by molar-refractivity contribution is 7.89. The Bertz CT molecular complexity index is 1310. The molecule has 0 aliphatic carbocycles. The van der Waals surface area contributed by atoms with E-state index < -0.39 is 40.1 Å². The first-order chi connectivity index (χ1) is 19.1. The number of carboxylic acids is 1. The zero-order valence-corrected chi connectivity index (χ0v) is 23.2. The third-order valence-electron chi connectivity index (χ3n) is 7.35. The molecule has 40 heavy (non-hydrogen) atoms. The molecule has 12 heteroatoms. The summed E-state index contributed by atoms with van der Waals surface area (Å²) in [5.74, 6) is -1.59. The normalized spacial score (nSPS) is 20.6. The van der Waals surface area contributed by atoms with E-state index in [1.165, 1.54) is 12.1 Å². The van der Waals surface area contributed by atoms with Crippen molar-refractivity contribution in [2.24, 2.45) is 5.92 Å². The summed E-state index contributed by atoms with van der Waals surface area (Å²) in [6.07, 6.45) is 1.87. The van der Waals surface area contributed by atoms with Crippen molar-refractivity contribution in [1.82, 2.24) is 14.5 Å². The van der Waals surface area contributed by atoms with Crippen LogP contribution < -0.4 is 10.1 Å². The average Bonchev–Trinajstić information content (AvgIpc) is 3.45. The van der Waals surface area contributed by atoms with Gasteiger partial charge in [-0.1, -0.05) is 29.8 Å². The SMILES string of the molecule is Cc1ccc(S(=O)(=O)N2CCC[C@H]2C(=O)N[C@@H](Cc2ccc(OC(=O)N3CCCC(CO)C3)cc2)C(=O)O)cc1. The minimum Gasteiger partial charge on any atom is -0.480 e. The van der Waals surface area contributed by atoms with Gasteiger partial charge < -0.3 is 25.2 Å². The molecule has 2 saturated heterocycles. The lowest BCUT2D eigenvalue weighted by atomic mass is 10.00. The fourth-order valence-corrected chi connectivity index (χ4v) is 6.73. The van der Waals surface area contributed by atoms with E-state index in [9.17, 15) is 33.0 Å². The molecule has 11 nitrogen and oxygen atoms in total. The van der Waals surface area contributed by atoms with Gasteiger partial charge >= 0.3 is 12.1 Å². The Hall–Kier alpha value is -3.48. The number of piperidine rings is 1. The molecular formula is C28H35N3O8S. The maximum absolute atomic E-state index is 13.2. The van der Waals surface area contributed by atoms with Crippen LogP contribution in [-0.4, -0.2) is 84.1 Å².